The molecule has 5 heteroatoms. The van der Waals surface area contributed by atoms with E-state index >= 15 is 0 Å². The Kier molecular flexibility index (Phi) is 4.70. The molecule has 1 saturated heterocycles. The van der Waals surface area contributed by atoms with Crippen LogP contribution in [0.1, 0.15) is 25.3 Å². The monoisotopic (exact) mass is 286 g/mol. The van der Waals surface area contributed by atoms with Crippen LogP contribution in [0.2, 0.25) is 0 Å². The van der Waals surface area contributed by atoms with Crippen LogP contribution in [0.15, 0.2) is 12.1 Å². The zero-order chi connectivity index (χ0) is 14.8. The maximum Gasteiger partial charge on any atom is 0.194 e. The minimum absolute atomic E-state index is 0.212. The van der Waals surface area contributed by atoms with Crippen molar-refractivity contribution in [3.05, 3.63) is 35.1 Å². The first kappa shape index (κ1) is 15.3. The number of hydrogen-bond acceptors (Lipinski definition) is 2. The van der Waals surface area contributed by atoms with E-state index in [1.165, 1.54) is 0 Å². The Morgan fingerprint density at radius 3 is 2.25 bits per heavy atom. The summed E-state index contributed by atoms with van der Waals surface area (Å²) in [5, 5.41) is 3.23. The van der Waals surface area contributed by atoms with Crippen LogP contribution in [-0.4, -0.2) is 31.6 Å². The molecule has 1 aliphatic rings. The van der Waals surface area contributed by atoms with Crippen molar-refractivity contribution < 1.29 is 13.2 Å². The van der Waals surface area contributed by atoms with E-state index < -0.39 is 17.5 Å². The van der Waals surface area contributed by atoms with Crippen molar-refractivity contribution in [2.24, 2.45) is 5.41 Å². The molecule has 1 fully saturated rings. The minimum Gasteiger partial charge on any atom is -0.312 e. The van der Waals surface area contributed by atoms with Crippen molar-refractivity contribution in [2.45, 2.75) is 26.3 Å². The second-order valence-corrected chi connectivity index (χ2v) is 6.09. The fourth-order valence-electron chi connectivity index (χ4n) is 2.55. The molecule has 2 rings (SSSR count). The summed E-state index contributed by atoms with van der Waals surface area (Å²) in [4.78, 5) is 2.30. The van der Waals surface area contributed by atoms with Gasteiger partial charge in [0.1, 0.15) is 0 Å². The average molecular weight is 286 g/mol. The molecule has 2 nitrogen and oxygen atoms in total. The van der Waals surface area contributed by atoms with Crippen molar-refractivity contribution >= 4 is 0 Å². The van der Waals surface area contributed by atoms with Crippen molar-refractivity contribution in [2.75, 3.05) is 26.7 Å². The van der Waals surface area contributed by atoms with E-state index in [1.54, 1.807) is 0 Å². The van der Waals surface area contributed by atoms with E-state index in [9.17, 15) is 13.2 Å². The van der Waals surface area contributed by atoms with Gasteiger partial charge in [0.2, 0.25) is 0 Å². The molecule has 0 radical (unpaired) electrons. The summed E-state index contributed by atoms with van der Waals surface area (Å²) >= 11 is 0. The Hall–Kier alpha value is -1.07. The highest BCUT2D eigenvalue weighted by Crippen LogP contribution is 2.29. The number of benzene rings is 1. The molecule has 0 amide bonds. The fourth-order valence-corrected chi connectivity index (χ4v) is 2.55. The molecule has 1 N–H and O–H groups in total. The van der Waals surface area contributed by atoms with E-state index in [4.69, 9.17) is 0 Å². The third kappa shape index (κ3) is 3.73. The standard InChI is InChI=1S/C15H21F3N2/c1-15(3-5-20(2)6-4-15)10-19-9-11-7-12(16)14(18)13(17)8-11/h7-8,19H,3-6,9-10H2,1-2H3. The predicted molar refractivity (Wildman–Crippen MR) is 72.9 cm³/mol. The lowest BCUT2D eigenvalue weighted by Crippen LogP contribution is -2.41. The lowest BCUT2D eigenvalue weighted by atomic mass is 9.80. The van der Waals surface area contributed by atoms with Gasteiger partial charge in [-0.15, -0.1) is 0 Å². The molecular weight excluding hydrogens is 265 g/mol. The van der Waals surface area contributed by atoms with Crippen LogP contribution in [0.5, 0.6) is 0 Å². The molecule has 0 aromatic heterocycles. The number of hydrogen-bond donors (Lipinski definition) is 1. The fraction of sp³-hybridized carbons (Fsp3) is 0.600. The van der Waals surface area contributed by atoms with Gasteiger partial charge >= 0.3 is 0 Å². The second kappa shape index (κ2) is 6.14. The number of halogens is 3. The highest BCUT2D eigenvalue weighted by atomic mass is 19.2. The molecule has 1 aromatic rings. The SMILES string of the molecule is CN1CCC(C)(CNCc2cc(F)c(F)c(F)c2)CC1. The van der Waals surface area contributed by atoms with Crippen LogP contribution < -0.4 is 5.32 Å². The van der Waals surface area contributed by atoms with Crippen LogP contribution in [-0.2, 0) is 6.54 Å². The summed E-state index contributed by atoms with van der Waals surface area (Å²) in [6.45, 7) is 5.50. The third-order valence-electron chi connectivity index (χ3n) is 4.12. The molecule has 1 heterocycles. The Balaban J connectivity index is 1.87. The molecule has 1 aromatic carbocycles. The first-order valence-electron chi connectivity index (χ1n) is 6.92. The second-order valence-electron chi connectivity index (χ2n) is 6.09. The van der Waals surface area contributed by atoms with Crippen molar-refractivity contribution in [3.63, 3.8) is 0 Å². The summed E-state index contributed by atoms with van der Waals surface area (Å²) in [5.74, 6) is -3.67. The average Bonchev–Trinajstić information content (AvgIpc) is 2.40. The largest absolute Gasteiger partial charge is 0.312 e. The van der Waals surface area contributed by atoms with Crippen LogP contribution in [0.4, 0.5) is 13.2 Å². The lowest BCUT2D eigenvalue weighted by Gasteiger charge is -2.38. The number of nitrogens with zero attached hydrogens (tertiary/aromatic N) is 1. The van der Waals surface area contributed by atoms with Gasteiger partial charge in [0.25, 0.3) is 0 Å². The summed E-state index contributed by atoms with van der Waals surface area (Å²) in [7, 11) is 2.11. The highest BCUT2D eigenvalue weighted by Gasteiger charge is 2.28. The van der Waals surface area contributed by atoms with Gasteiger partial charge in [-0.2, -0.15) is 0 Å². The van der Waals surface area contributed by atoms with Gasteiger partial charge in [-0.3, -0.25) is 0 Å². The van der Waals surface area contributed by atoms with E-state index in [0.717, 1.165) is 44.6 Å². The molecule has 0 spiro atoms. The van der Waals surface area contributed by atoms with E-state index in [2.05, 4.69) is 24.2 Å². The Labute approximate surface area is 118 Å². The van der Waals surface area contributed by atoms with Crippen molar-refractivity contribution in [3.8, 4) is 0 Å². The van der Waals surface area contributed by atoms with Gasteiger partial charge in [0, 0.05) is 13.1 Å². The lowest BCUT2D eigenvalue weighted by molar-refractivity contribution is 0.137. The molecule has 0 saturated carbocycles. The van der Waals surface area contributed by atoms with Gasteiger partial charge in [-0.05, 0) is 56.1 Å². The molecule has 112 valence electrons. The van der Waals surface area contributed by atoms with Gasteiger partial charge in [-0.25, -0.2) is 13.2 Å². The van der Waals surface area contributed by atoms with Crippen LogP contribution in [0.3, 0.4) is 0 Å². The number of likely N-dealkylation sites (tertiary alicyclic amines) is 1. The van der Waals surface area contributed by atoms with Gasteiger partial charge in [-0.1, -0.05) is 6.92 Å². The first-order valence-corrected chi connectivity index (χ1v) is 6.92. The Bertz CT molecular complexity index is 445. The molecule has 0 atom stereocenters. The zero-order valence-corrected chi connectivity index (χ0v) is 12.0. The summed E-state index contributed by atoms with van der Waals surface area (Å²) < 4.78 is 39.0. The summed E-state index contributed by atoms with van der Waals surface area (Å²) in [5.41, 5.74) is 0.641. The summed E-state index contributed by atoms with van der Waals surface area (Å²) in [6, 6.07) is 2.09. The first-order chi connectivity index (χ1) is 9.39. The van der Waals surface area contributed by atoms with Crippen molar-refractivity contribution in [1.29, 1.82) is 0 Å². The Morgan fingerprint density at radius 2 is 1.70 bits per heavy atom. The third-order valence-corrected chi connectivity index (χ3v) is 4.12. The number of nitrogens with one attached hydrogen (secondary N) is 1. The van der Waals surface area contributed by atoms with Gasteiger partial charge < -0.3 is 10.2 Å². The number of rotatable bonds is 4. The topological polar surface area (TPSA) is 15.3 Å². The zero-order valence-electron chi connectivity index (χ0n) is 12.0. The van der Waals surface area contributed by atoms with Crippen LogP contribution in [0, 0.1) is 22.9 Å². The maximum atomic E-state index is 13.1. The Morgan fingerprint density at radius 1 is 1.15 bits per heavy atom. The molecule has 0 aliphatic carbocycles. The van der Waals surface area contributed by atoms with E-state index in [1.807, 2.05) is 0 Å². The van der Waals surface area contributed by atoms with Crippen LogP contribution >= 0.6 is 0 Å². The molecule has 0 bridgehead atoms. The van der Waals surface area contributed by atoms with Crippen LogP contribution in [0.25, 0.3) is 0 Å². The highest BCUT2D eigenvalue weighted by molar-refractivity contribution is 5.19. The smallest absolute Gasteiger partial charge is 0.194 e. The maximum absolute atomic E-state index is 13.1. The molecule has 0 unspecified atom stereocenters. The summed E-state index contributed by atoms with van der Waals surface area (Å²) in [6.07, 6.45) is 2.20. The van der Waals surface area contributed by atoms with Gasteiger partial charge in [0.05, 0.1) is 0 Å². The minimum atomic E-state index is -1.41. The van der Waals surface area contributed by atoms with Crippen molar-refractivity contribution in [1.82, 2.24) is 10.2 Å². The van der Waals surface area contributed by atoms with E-state index in [-0.39, 0.29) is 5.41 Å². The molecule has 20 heavy (non-hydrogen) atoms. The quantitative estimate of drug-likeness (QED) is 0.856. The number of piperidine rings is 1. The normalized spacial score (nSPS) is 19.2. The molecular formula is C15H21F3N2. The predicted octanol–water partition coefficient (Wildman–Crippen LogP) is 2.93. The van der Waals surface area contributed by atoms with Gasteiger partial charge in [0.15, 0.2) is 17.5 Å². The van der Waals surface area contributed by atoms with E-state index in [0.29, 0.717) is 12.1 Å². The molecule has 1 aliphatic heterocycles.